The minimum absolute atomic E-state index is 0.0487. The minimum atomic E-state index is -0.503. The Morgan fingerprint density at radius 3 is 2.55 bits per heavy atom. The number of hydrogen-bond acceptors (Lipinski definition) is 6. The van der Waals surface area contributed by atoms with E-state index in [-0.39, 0.29) is 11.9 Å². The highest BCUT2D eigenvalue weighted by Gasteiger charge is 2.30. The number of carbonyl (C=O) groups excluding carboxylic acids is 1. The highest BCUT2D eigenvalue weighted by Crippen LogP contribution is 2.31. The Balaban J connectivity index is 1.38. The molecule has 1 aliphatic heterocycles. The number of amides is 1. The highest BCUT2D eigenvalue weighted by atomic mass is 19.1. The molecule has 160 valence electrons. The molecule has 3 heterocycles. The zero-order valence-electron chi connectivity index (χ0n) is 17.7. The van der Waals surface area contributed by atoms with Crippen LogP contribution in [0.4, 0.5) is 15.9 Å². The van der Waals surface area contributed by atoms with Gasteiger partial charge in [0.1, 0.15) is 29.9 Å². The first-order valence-corrected chi connectivity index (χ1v) is 10.1. The number of carbonyl (C=O) groups is 1. The molecule has 1 amide bonds. The van der Waals surface area contributed by atoms with Crippen molar-refractivity contribution in [2.24, 2.45) is 0 Å². The Hall–Kier alpha value is -3.55. The van der Waals surface area contributed by atoms with Crippen molar-refractivity contribution in [1.82, 2.24) is 15.0 Å². The Labute approximate surface area is 180 Å². The lowest BCUT2D eigenvalue weighted by atomic mass is 10.1. The summed E-state index contributed by atoms with van der Waals surface area (Å²) in [7, 11) is 1.87. The summed E-state index contributed by atoms with van der Waals surface area (Å²) < 4.78 is 18.6. The van der Waals surface area contributed by atoms with Gasteiger partial charge in [-0.2, -0.15) is 4.39 Å². The summed E-state index contributed by atoms with van der Waals surface area (Å²) in [5.74, 6) is 1.69. The van der Waals surface area contributed by atoms with Crippen molar-refractivity contribution in [3.05, 3.63) is 71.2 Å². The van der Waals surface area contributed by atoms with Crippen molar-refractivity contribution < 1.29 is 13.9 Å². The second-order valence-corrected chi connectivity index (χ2v) is 7.62. The normalized spacial score (nSPS) is 15.4. The lowest BCUT2D eigenvalue weighted by Crippen LogP contribution is -2.45. The molecule has 1 N–H and O–H groups in total. The monoisotopic (exact) mass is 421 g/mol. The molecule has 0 saturated heterocycles. The van der Waals surface area contributed by atoms with Gasteiger partial charge in [0.15, 0.2) is 5.82 Å². The van der Waals surface area contributed by atoms with Crippen LogP contribution in [0.25, 0.3) is 0 Å². The summed E-state index contributed by atoms with van der Waals surface area (Å²) in [5, 5.41) is 2.90. The quantitative estimate of drug-likeness (QED) is 0.614. The smallest absolute Gasteiger partial charge is 0.246 e. The molecule has 2 aromatic heterocycles. The fourth-order valence-corrected chi connectivity index (χ4v) is 3.38. The van der Waals surface area contributed by atoms with Gasteiger partial charge in [-0.3, -0.25) is 4.79 Å². The molecule has 7 nitrogen and oxygen atoms in total. The molecular weight excluding hydrogens is 397 g/mol. The number of nitrogens with one attached hydrogen (secondary N) is 1. The summed E-state index contributed by atoms with van der Waals surface area (Å²) in [4.78, 5) is 26.8. The predicted molar refractivity (Wildman–Crippen MR) is 116 cm³/mol. The van der Waals surface area contributed by atoms with E-state index in [2.05, 4.69) is 20.3 Å². The molecule has 0 unspecified atom stereocenters. The Morgan fingerprint density at radius 2 is 1.84 bits per heavy atom. The Morgan fingerprint density at radius 1 is 1.10 bits per heavy atom. The Kier molecular flexibility index (Phi) is 5.79. The number of nitrogens with zero attached hydrogens (tertiary/aromatic N) is 4. The van der Waals surface area contributed by atoms with Crippen LogP contribution in [0.3, 0.4) is 0 Å². The molecule has 0 bridgehead atoms. The van der Waals surface area contributed by atoms with Gasteiger partial charge in [0.05, 0.1) is 5.69 Å². The first-order chi connectivity index (χ1) is 14.9. The second kappa shape index (κ2) is 8.67. The number of aryl methyl sites for hydroxylation is 3. The summed E-state index contributed by atoms with van der Waals surface area (Å²) in [6.45, 7) is 4.07. The number of hydrogen-bond donors (Lipinski definition) is 1. The number of aromatic nitrogens is 3. The van der Waals surface area contributed by atoms with Gasteiger partial charge >= 0.3 is 0 Å². The van der Waals surface area contributed by atoms with Crippen molar-refractivity contribution in [2.45, 2.75) is 39.3 Å². The maximum absolute atomic E-state index is 12.9. The van der Waals surface area contributed by atoms with E-state index in [0.29, 0.717) is 18.7 Å². The van der Waals surface area contributed by atoms with Crippen LogP contribution in [-0.2, 0) is 24.2 Å². The van der Waals surface area contributed by atoms with E-state index in [1.165, 1.54) is 12.3 Å². The number of pyridine rings is 1. The summed E-state index contributed by atoms with van der Waals surface area (Å²) in [5.41, 5.74) is 3.41. The Bertz CT molecular complexity index is 1090. The van der Waals surface area contributed by atoms with Crippen LogP contribution in [0.15, 0.2) is 42.6 Å². The van der Waals surface area contributed by atoms with Crippen LogP contribution < -0.4 is 15.0 Å². The number of halogens is 1. The van der Waals surface area contributed by atoms with E-state index in [4.69, 9.17) is 4.74 Å². The molecule has 1 atom stereocenters. The molecule has 8 heteroatoms. The van der Waals surface area contributed by atoms with Crippen molar-refractivity contribution in [3.63, 3.8) is 0 Å². The fourth-order valence-electron chi connectivity index (χ4n) is 3.38. The first-order valence-electron chi connectivity index (χ1n) is 10.1. The number of ether oxygens (including phenoxy) is 1. The summed E-state index contributed by atoms with van der Waals surface area (Å²) in [6.07, 6.45) is 2.94. The van der Waals surface area contributed by atoms with E-state index in [1.807, 2.05) is 50.1 Å². The van der Waals surface area contributed by atoms with Crippen LogP contribution in [0.2, 0.25) is 0 Å². The second-order valence-electron chi connectivity index (χ2n) is 7.62. The van der Waals surface area contributed by atoms with Crippen molar-refractivity contribution in [2.75, 3.05) is 17.3 Å². The third kappa shape index (κ3) is 4.63. The molecule has 0 radical (unpaired) electrons. The van der Waals surface area contributed by atoms with Crippen molar-refractivity contribution in [3.8, 4) is 5.75 Å². The molecule has 3 aromatic rings. The maximum Gasteiger partial charge on any atom is 0.246 e. The SMILES string of the molecule is Cc1nc(CCc2ccc(OCc3ccc(F)nc3)cc2)nc2c1NC(=O)[C@H](C)N2C. The highest BCUT2D eigenvalue weighted by molar-refractivity contribution is 6.02. The summed E-state index contributed by atoms with van der Waals surface area (Å²) >= 11 is 0. The zero-order chi connectivity index (χ0) is 22.0. The van der Waals surface area contributed by atoms with Gasteiger partial charge in [0.25, 0.3) is 0 Å². The number of fused-ring (bicyclic) bond motifs is 1. The van der Waals surface area contributed by atoms with Gasteiger partial charge in [-0.25, -0.2) is 15.0 Å². The summed E-state index contributed by atoms with van der Waals surface area (Å²) in [6, 6.07) is 10.6. The number of anilines is 2. The van der Waals surface area contributed by atoms with E-state index >= 15 is 0 Å². The van der Waals surface area contributed by atoms with E-state index < -0.39 is 5.95 Å². The van der Waals surface area contributed by atoms with Crippen LogP contribution >= 0.6 is 0 Å². The average Bonchev–Trinajstić information content (AvgIpc) is 2.77. The van der Waals surface area contributed by atoms with E-state index in [1.54, 1.807) is 6.07 Å². The fraction of sp³-hybridized carbons (Fsp3) is 0.304. The van der Waals surface area contributed by atoms with Gasteiger partial charge in [-0.1, -0.05) is 12.1 Å². The average molecular weight is 421 g/mol. The largest absolute Gasteiger partial charge is 0.489 e. The van der Waals surface area contributed by atoms with E-state index in [9.17, 15) is 9.18 Å². The molecule has 4 rings (SSSR count). The zero-order valence-corrected chi connectivity index (χ0v) is 17.7. The first kappa shape index (κ1) is 20.7. The predicted octanol–water partition coefficient (Wildman–Crippen LogP) is 3.46. The third-order valence-electron chi connectivity index (χ3n) is 5.41. The van der Waals surface area contributed by atoms with Crippen LogP contribution in [0.5, 0.6) is 5.75 Å². The van der Waals surface area contributed by atoms with Crippen LogP contribution in [0.1, 0.15) is 29.6 Å². The molecule has 1 aromatic carbocycles. The standard InChI is InChI=1S/C23H24FN5O2/c1-14-21-22(29(3)15(2)23(30)28-21)27-20(26-14)11-7-16-4-8-18(9-5-16)31-13-17-6-10-19(24)25-12-17/h4-6,8-10,12,15H,7,11,13H2,1-3H3,(H,28,30)/t15-/m0/s1. The molecule has 0 aliphatic carbocycles. The van der Waals surface area contributed by atoms with Gasteiger partial charge in [0, 0.05) is 25.2 Å². The molecule has 1 aliphatic rings. The topological polar surface area (TPSA) is 80.2 Å². The lowest BCUT2D eigenvalue weighted by molar-refractivity contribution is -0.117. The van der Waals surface area contributed by atoms with Crippen molar-refractivity contribution in [1.29, 1.82) is 0 Å². The molecular formula is C23H24FN5O2. The number of benzene rings is 1. The molecule has 0 saturated carbocycles. The van der Waals surface area contributed by atoms with Gasteiger partial charge in [-0.05, 0) is 50.1 Å². The van der Waals surface area contributed by atoms with Gasteiger partial charge < -0.3 is 15.0 Å². The van der Waals surface area contributed by atoms with Gasteiger partial charge in [0.2, 0.25) is 11.9 Å². The third-order valence-corrected chi connectivity index (χ3v) is 5.41. The molecule has 0 fully saturated rings. The minimum Gasteiger partial charge on any atom is -0.489 e. The maximum atomic E-state index is 12.9. The van der Waals surface area contributed by atoms with Crippen LogP contribution in [-0.4, -0.2) is 33.9 Å². The molecule has 31 heavy (non-hydrogen) atoms. The number of likely N-dealkylation sites (N-methyl/N-ethyl adjacent to an activating group) is 1. The van der Waals surface area contributed by atoms with Crippen molar-refractivity contribution >= 4 is 17.4 Å². The lowest BCUT2D eigenvalue weighted by Gasteiger charge is -2.32. The van der Waals surface area contributed by atoms with Gasteiger partial charge in [-0.15, -0.1) is 0 Å². The number of rotatable bonds is 6. The molecule has 0 spiro atoms. The van der Waals surface area contributed by atoms with Crippen LogP contribution in [0, 0.1) is 12.9 Å². The van der Waals surface area contributed by atoms with E-state index in [0.717, 1.165) is 40.6 Å².